The molecule has 108 valence electrons. The third-order valence-corrected chi connectivity index (χ3v) is 5.09. The highest BCUT2D eigenvalue weighted by Gasteiger charge is 2.53. The van der Waals surface area contributed by atoms with Gasteiger partial charge in [0.1, 0.15) is 0 Å². The Labute approximate surface area is 124 Å². The Kier molecular flexibility index (Phi) is 2.98. The quantitative estimate of drug-likeness (QED) is 0.904. The normalized spacial score (nSPS) is 23.9. The summed E-state index contributed by atoms with van der Waals surface area (Å²) in [5.74, 6) is 2.30. The first-order chi connectivity index (χ1) is 9.75. The summed E-state index contributed by atoms with van der Waals surface area (Å²) in [4.78, 5) is 15.2. The van der Waals surface area contributed by atoms with E-state index >= 15 is 0 Å². The van der Waals surface area contributed by atoms with Crippen LogP contribution in [0.2, 0.25) is 5.28 Å². The fourth-order valence-electron chi connectivity index (χ4n) is 3.32. The molecule has 6 heteroatoms. The van der Waals surface area contributed by atoms with Crippen molar-refractivity contribution < 1.29 is 0 Å². The SMILES string of the molecule is Clc1nc(NCC2(C3CC3)CC2)nc(N2CCCC2)n1. The number of anilines is 2. The van der Waals surface area contributed by atoms with Crippen molar-refractivity contribution >= 4 is 23.5 Å². The number of rotatable bonds is 5. The molecule has 0 aromatic carbocycles. The zero-order chi connectivity index (χ0) is 13.6. The molecular formula is C14H20ClN5. The van der Waals surface area contributed by atoms with Gasteiger partial charge in [-0.3, -0.25) is 0 Å². The second-order valence-corrected chi connectivity index (χ2v) is 6.75. The van der Waals surface area contributed by atoms with Crippen molar-refractivity contribution in [2.75, 3.05) is 29.9 Å². The topological polar surface area (TPSA) is 53.9 Å². The Bertz CT molecular complexity index is 506. The summed E-state index contributed by atoms with van der Waals surface area (Å²) >= 11 is 6.04. The van der Waals surface area contributed by atoms with Crippen molar-refractivity contribution in [2.45, 2.75) is 38.5 Å². The molecule has 0 bridgehead atoms. The molecule has 2 saturated carbocycles. The summed E-state index contributed by atoms with van der Waals surface area (Å²) in [6.45, 7) is 3.02. The molecule has 0 amide bonds. The molecule has 0 atom stereocenters. The average Bonchev–Trinajstić information content (AvgIpc) is 3.34. The second kappa shape index (κ2) is 4.72. The van der Waals surface area contributed by atoms with Crippen molar-refractivity contribution in [2.24, 2.45) is 11.3 Å². The lowest BCUT2D eigenvalue weighted by molar-refractivity contribution is 0.465. The van der Waals surface area contributed by atoms with Crippen molar-refractivity contribution in [3.8, 4) is 0 Å². The maximum absolute atomic E-state index is 6.04. The van der Waals surface area contributed by atoms with E-state index in [0.29, 0.717) is 16.6 Å². The Morgan fingerprint density at radius 1 is 1.15 bits per heavy atom. The third-order valence-electron chi connectivity index (χ3n) is 4.92. The molecule has 0 unspecified atom stereocenters. The molecule has 1 aromatic rings. The highest BCUT2D eigenvalue weighted by atomic mass is 35.5. The lowest BCUT2D eigenvalue weighted by Crippen LogP contribution is -2.23. The van der Waals surface area contributed by atoms with Crippen LogP contribution in [0.15, 0.2) is 0 Å². The zero-order valence-electron chi connectivity index (χ0n) is 11.6. The van der Waals surface area contributed by atoms with Gasteiger partial charge >= 0.3 is 0 Å². The molecule has 2 heterocycles. The predicted octanol–water partition coefficient (Wildman–Crippen LogP) is 2.73. The van der Waals surface area contributed by atoms with Gasteiger partial charge in [-0.2, -0.15) is 15.0 Å². The van der Waals surface area contributed by atoms with Crippen LogP contribution in [0.5, 0.6) is 0 Å². The van der Waals surface area contributed by atoms with Crippen molar-refractivity contribution in [1.29, 1.82) is 0 Å². The van der Waals surface area contributed by atoms with Gasteiger partial charge in [0.05, 0.1) is 0 Å². The highest BCUT2D eigenvalue weighted by Crippen LogP contribution is 2.61. The van der Waals surface area contributed by atoms with Crippen LogP contribution in [0.25, 0.3) is 0 Å². The van der Waals surface area contributed by atoms with Gasteiger partial charge in [0, 0.05) is 19.6 Å². The standard InChI is InChI=1S/C14H20ClN5/c15-11-17-12(16-9-14(5-6-14)10-3-4-10)19-13(18-11)20-7-1-2-8-20/h10H,1-9H2,(H,16,17,18,19). The van der Waals surface area contributed by atoms with E-state index in [1.165, 1.54) is 38.5 Å². The summed E-state index contributed by atoms with van der Waals surface area (Å²) in [5.41, 5.74) is 0.535. The van der Waals surface area contributed by atoms with Gasteiger partial charge < -0.3 is 10.2 Å². The van der Waals surface area contributed by atoms with E-state index in [2.05, 4.69) is 25.2 Å². The number of halogens is 1. The average molecular weight is 294 g/mol. The lowest BCUT2D eigenvalue weighted by atomic mass is 10.0. The number of hydrogen-bond donors (Lipinski definition) is 1. The van der Waals surface area contributed by atoms with Crippen LogP contribution in [0, 0.1) is 11.3 Å². The number of nitrogens with zero attached hydrogens (tertiary/aromatic N) is 4. The van der Waals surface area contributed by atoms with Gasteiger partial charge in [-0.25, -0.2) is 0 Å². The molecule has 0 radical (unpaired) electrons. The van der Waals surface area contributed by atoms with E-state index in [-0.39, 0.29) is 0 Å². The summed E-state index contributed by atoms with van der Waals surface area (Å²) in [6, 6.07) is 0. The van der Waals surface area contributed by atoms with E-state index < -0.39 is 0 Å². The number of nitrogens with one attached hydrogen (secondary N) is 1. The Morgan fingerprint density at radius 2 is 1.90 bits per heavy atom. The van der Waals surface area contributed by atoms with Crippen LogP contribution >= 0.6 is 11.6 Å². The monoisotopic (exact) mass is 293 g/mol. The molecule has 4 rings (SSSR count). The first kappa shape index (κ1) is 12.6. The Morgan fingerprint density at radius 3 is 2.55 bits per heavy atom. The van der Waals surface area contributed by atoms with E-state index in [4.69, 9.17) is 11.6 Å². The fourth-order valence-corrected chi connectivity index (χ4v) is 3.47. The molecule has 20 heavy (non-hydrogen) atoms. The van der Waals surface area contributed by atoms with Crippen molar-refractivity contribution in [3.63, 3.8) is 0 Å². The molecule has 1 N–H and O–H groups in total. The van der Waals surface area contributed by atoms with E-state index in [1.807, 2.05) is 0 Å². The molecule has 2 aliphatic carbocycles. The smallest absolute Gasteiger partial charge is 0.231 e. The third kappa shape index (κ3) is 2.43. The number of aromatic nitrogens is 3. The maximum atomic E-state index is 6.04. The first-order valence-electron chi connectivity index (χ1n) is 7.66. The molecule has 1 aromatic heterocycles. The molecule has 1 aliphatic heterocycles. The van der Waals surface area contributed by atoms with Crippen molar-refractivity contribution in [3.05, 3.63) is 5.28 Å². The van der Waals surface area contributed by atoms with E-state index in [1.54, 1.807) is 0 Å². The van der Waals surface area contributed by atoms with Crippen LogP contribution in [0.1, 0.15) is 38.5 Å². The summed E-state index contributed by atoms with van der Waals surface area (Å²) in [7, 11) is 0. The fraction of sp³-hybridized carbons (Fsp3) is 0.786. The molecule has 0 spiro atoms. The Balaban J connectivity index is 1.46. The van der Waals surface area contributed by atoms with Gasteiger partial charge in [0.15, 0.2) is 0 Å². The lowest BCUT2D eigenvalue weighted by Gasteiger charge is -2.18. The van der Waals surface area contributed by atoms with Gasteiger partial charge in [-0.15, -0.1) is 0 Å². The molecule has 5 nitrogen and oxygen atoms in total. The highest BCUT2D eigenvalue weighted by molar-refractivity contribution is 6.28. The largest absolute Gasteiger partial charge is 0.353 e. The van der Waals surface area contributed by atoms with Crippen molar-refractivity contribution in [1.82, 2.24) is 15.0 Å². The van der Waals surface area contributed by atoms with Crippen LogP contribution in [0.4, 0.5) is 11.9 Å². The molecule has 1 saturated heterocycles. The van der Waals surface area contributed by atoms with Gasteiger partial charge in [0.2, 0.25) is 17.2 Å². The van der Waals surface area contributed by atoms with E-state index in [9.17, 15) is 0 Å². The van der Waals surface area contributed by atoms with Gasteiger partial charge in [-0.1, -0.05) is 0 Å². The van der Waals surface area contributed by atoms with Gasteiger partial charge in [-0.05, 0) is 61.5 Å². The maximum Gasteiger partial charge on any atom is 0.231 e. The zero-order valence-corrected chi connectivity index (χ0v) is 12.4. The summed E-state index contributed by atoms with van der Waals surface area (Å²) in [6.07, 6.45) is 7.91. The molecular weight excluding hydrogens is 274 g/mol. The molecule has 3 aliphatic rings. The Hall–Kier alpha value is -1.10. The van der Waals surface area contributed by atoms with Crippen LogP contribution in [0.3, 0.4) is 0 Å². The van der Waals surface area contributed by atoms with E-state index in [0.717, 1.165) is 31.5 Å². The van der Waals surface area contributed by atoms with Gasteiger partial charge in [0.25, 0.3) is 0 Å². The minimum atomic E-state index is 0.292. The first-order valence-corrected chi connectivity index (χ1v) is 8.03. The van der Waals surface area contributed by atoms with Crippen LogP contribution < -0.4 is 10.2 Å². The second-order valence-electron chi connectivity index (χ2n) is 6.41. The van der Waals surface area contributed by atoms with Crippen LogP contribution in [-0.2, 0) is 0 Å². The summed E-state index contributed by atoms with van der Waals surface area (Å²) < 4.78 is 0. The molecule has 3 fully saturated rings. The minimum Gasteiger partial charge on any atom is -0.353 e. The predicted molar refractivity (Wildman–Crippen MR) is 79.2 cm³/mol. The summed E-state index contributed by atoms with van der Waals surface area (Å²) in [5, 5.41) is 3.69. The van der Waals surface area contributed by atoms with Crippen LogP contribution in [-0.4, -0.2) is 34.6 Å². The number of hydrogen-bond acceptors (Lipinski definition) is 5. The minimum absolute atomic E-state index is 0.292.